The molecule has 0 aromatic heterocycles. The Morgan fingerprint density at radius 1 is 1.11 bits per heavy atom. The number of benzene rings is 1. The summed E-state index contributed by atoms with van der Waals surface area (Å²) >= 11 is 0. The number of rotatable bonds is 6. The van der Waals surface area contributed by atoms with Crippen LogP contribution >= 0.6 is 0 Å². The van der Waals surface area contributed by atoms with Gasteiger partial charge in [-0.05, 0) is 42.9 Å². The molecule has 3 fully saturated rings. The van der Waals surface area contributed by atoms with Crippen LogP contribution in [0, 0.1) is 5.92 Å². The summed E-state index contributed by atoms with van der Waals surface area (Å²) in [6.45, 7) is 2.43. The molecular weight excluding hydrogens is 364 g/mol. The number of hydrogen-bond donors (Lipinski definition) is 0. The van der Waals surface area contributed by atoms with Gasteiger partial charge in [0.15, 0.2) is 9.84 Å². The zero-order valence-corrected chi connectivity index (χ0v) is 16.7. The molecule has 1 amide bonds. The van der Waals surface area contributed by atoms with E-state index in [9.17, 15) is 13.2 Å². The molecular formula is C20H28N2O4S. The lowest BCUT2D eigenvalue weighted by atomic mass is 10.0. The maximum absolute atomic E-state index is 12.9. The molecule has 27 heavy (non-hydrogen) atoms. The zero-order chi connectivity index (χ0) is 19.0. The molecule has 7 heteroatoms. The van der Waals surface area contributed by atoms with Crippen molar-refractivity contribution >= 4 is 15.7 Å². The highest BCUT2D eigenvalue weighted by atomic mass is 32.2. The van der Waals surface area contributed by atoms with Crippen molar-refractivity contribution in [3.63, 3.8) is 0 Å². The van der Waals surface area contributed by atoms with Gasteiger partial charge >= 0.3 is 0 Å². The van der Waals surface area contributed by atoms with Gasteiger partial charge in [-0.25, -0.2) is 8.42 Å². The summed E-state index contributed by atoms with van der Waals surface area (Å²) in [7, 11) is -1.44. The van der Waals surface area contributed by atoms with Crippen molar-refractivity contribution in [3.8, 4) is 5.75 Å². The molecule has 0 bridgehead atoms. The van der Waals surface area contributed by atoms with Gasteiger partial charge in [0.25, 0.3) is 0 Å². The Morgan fingerprint density at radius 3 is 2.48 bits per heavy atom. The number of sulfone groups is 1. The number of amides is 1. The van der Waals surface area contributed by atoms with Crippen LogP contribution < -0.4 is 4.74 Å². The van der Waals surface area contributed by atoms with Crippen LogP contribution in [0.2, 0.25) is 0 Å². The van der Waals surface area contributed by atoms with Gasteiger partial charge in [-0.3, -0.25) is 9.69 Å². The van der Waals surface area contributed by atoms with Gasteiger partial charge in [0.2, 0.25) is 5.91 Å². The Balaban J connectivity index is 1.40. The number of aryl methyl sites for hydroxylation is 1. The van der Waals surface area contributed by atoms with Crippen LogP contribution in [-0.2, 0) is 21.1 Å². The van der Waals surface area contributed by atoms with E-state index in [0.717, 1.165) is 30.3 Å². The van der Waals surface area contributed by atoms with Crippen molar-refractivity contribution in [1.82, 2.24) is 9.80 Å². The highest BCUT2D eigenvalue weighted by Crippen LogP contribution is 2.34. The van der Waals surface area contributed by atoms with Gasteiger partial charge in [-0.15, -0.1) is 0 Å². The average molecular weight is 393 g/mol. The fourth-order valence-electron chi connectivity index (χ4n) is 4.38. The van der Waals surface area contributed by atoms with Crippen molar-refractivity contribution in [2.75, 3.05) is 38.2 Å². The summed E-state index contributed by atoms with van der Waals surface area (Å²) in [6.07, 6.45) is 3.59. The van der Waals surface area contributed by atoms with Crippen LogP contribution in [0.1, 0.15) is 24.8 Å². The minimum atomic E-state index is -3.07. The van der Waals surface area contributed by atoms with E-state index >= 15 is 0 Å². The number of piperazine rings is 1. The molecule has 0 N–H and O–H groups in total. The first-order chi connectivity index (χ1) is 12.9. The molecule has 0 radical (unpaired) electrons. The second kappa shape index (κ2) is 7.43. The summed E-state index contributed by atoms with van der Waals surface area (Å²) in [6, 6.07) is 7.55. The van der Waals surface area contributed by atoms with Crippen molar-refractivity contribution < 1.29 is 17.9 Å². The normalized spacial score (nSPS) is 27.4. The molecule has 2 saturated heterocycles. The fourth-order valence-corrected chi connectivity index (χ4v) is 6.39. The lowest BCUT2D eigenvalue weighted by Crippen LogP contribution is -2.60. The van der Waals surface area contributed by atoms with Crippen molar-refractivity contribution in [1.29, 1.82) is 0 Å². The number of nitrogens with zero attached hydrogens (tertiary/aromatic N) is 2. The highest BCUT2D eigenvalue weighted by Gasteiger charge is 2.48. The first-order valence-corrected chi connectivity index (χ1v) is 11.6. The molecule has 2 atom stereocenters. The maximum atomic E-state index is 12.9. The highest BCUT2D eigenvalue weighted by molar-refractivity contribution is 7.91. The molecule has 1 saturated carbocycles. The minimum Gasteiger partial charge on any atom is -0.497 e. The number of carbonyl (C=O) groups is 1. The van der Waals surface area contributed by atoms with E-state index < -0.39 is 9.84 Å². The Labute approximate surface area is 161 Å². The maximum Gasteiger partial charge on any atom is 0.223 e. The van der Waals surface area contributed by atoms with E-state index in [1.807, 2.05) is 29.2 Å². The molecule has 4 rings (SSSR count). The van der Waals surface area contributed by atoms with Crippen LogP contribution in [0.3, 0.4) is 0 Å². The second-order valence-corrected chi connectivity index (χ2v) is 10.2. The molecule has 6 nitrogen and oxygen atoms in total. The molecule has 0 spiro atoms. The van der Waals surface area contributed by atoms with Gasteiger partial charge < -0.3 is 9.64 Å². The second-order valence-electron chi connectivity index (χ2n) is 8.09. The smallest absolute Gasteiger partial charge is 0.223 e. The van der Waals surface area contributed by atoms with Crippen molar-refractivity contribution in [2.45, 2.75) is 37.8 Å². The van der Waals surface area contributed by atoms with Crippen LogP contribution in [0.4, 0.5) is 0 Å². The average Bonchev–Trinajstić information content (AvgIpc) is 3.40. The number of carbonyl (C=O) groups excluding carboxylic acids is 1. The lowest BCUT2D eigenvalue weighted by Gasteiger charge is -2.44. The summed E-state index contributed by atoms with van der Waals surface area (Å²) in [4.78, 5) is 17.1. The monoisotopic (exact) mass is 392 g/mol. The van der Waals surface area contributed by atoms with Gasteiger partial charge in [-0.1, -0.05) is 12.1 Å². The van der Waals surface area contributed by atoms with E-state index in [1.54, 1.807) is 7.11 Å². The fraction of sp³-hybridized carbons (Fsp3) is 0.650. The quantitative estimate of drug-likeness (QED) is 0.731. The van der Waals surface area contributed by atoms with E-state index in [0.29, 0.717) is 19.4 Å². The zero-order valence-electron chi connectivity index (χ0n) is 15.8. The molecule has 148 valence electrons. The van der Waals surface area contributed by atoms with Gasteiger partial charge in [0, 0.05) is 32.1 Å². The third-order valence-electron chi connectivity index (χ3n) is 6.09. The molecule has 2 heterocycles. The third kappa shape index (κ3) is 4.29. The van der Waals surface area contributed by atoms with Crippen LogP contribution in [0.15, 0.2) is 24.3 Å². The van der Waals surface area contributed by atoms with E-state index in [-0.39, 0.29) is 29.5 Å². The van der Waals surface area contributed by atoms with Gasteiger partial charge in [0.1, 0.15) is 5.75 Å². The van der Waals surface area contributed by atoms with E-state index in [4.69, 9.17) is 4.74 Å². The first-order valence-electron chi connectivity index (χ1n) is 9.82. The summed E-state index contributed by atoms with van der Waals surface area (Å²) in [5.74, 6) is 1.92. The molecule has 1 aromatic rings. The molecule has 2 aliphatic heterocycles. The summed E-state index contributed by atoms with van der Waals surface area (Å²) in [5.41, 5.74) is 1.09. The summed E-state index contributed by atoms with van der Waals surface area (Å²) < 4.78 is 29.7. The first kappa shape index (κ1) is 18.7. The SMILES string of the molecule is COc1ccc(CCC(=O)N2CCN(CC3CC3)[C@@H]3CS(=O)(=O)C[C@@H]32)cc1. The Hall–Kier alpha value is -1.60. The number of ether oxygens (including phenoxy) is 1. The Kier molecular flexibility index (Phi) is 5.16. The van der Waals surface area contributed by atoms with Crippen molar-refractivity contribution in [2.24, 2.45) is 5.92 Å². The van der Waals surface area contributed by atoms with Crippen LogP contribution in [0.5, 0.6) is 5.75 Å². The molecule has 0 unspecified atom stereocenters. The largest absolute Gasteiger partial charge is 0.497 e. The van der Waals surface area contributed by atoms with Crippen LogP contribution in [0.25, 0.3) is 0 Å². The Morgan fingerprint density at radius 2 is 1.81 bits per heavy atom. The number of fused-ring (bicyclic) bond motifs is 1. The van der Waals surface area contributed by atoms with E-state index in [1.165, 1.54) is 12.8 Å². The lowest BCUT2D eigenvalue weighted by molar-refractivity contribution is -0.137. The predicted octanol–water partition coefficient (Wildman–Crippen LogP) is 1.35. The number of methoxy groups -OCH3 is 1. The summed E-state index contributed by atoms with van der Waals surface area (Å²) in [5, 5.41) is 0. The predicted molar refractivity (Wildman–Crippen MR) is 104 cm³/mol. The Bertz CT molecular complexity index is 789. The molecule has 3 aliphatic rings. The van der Waals surface area contributed by atoms with Gasteiger partial charge in [0.05, 0.1) is 24.7 Å². The molecule has 1 aromatic carbocycles. The van der Waals surface area contributed by atoms with E-state index in [2.05, 4.69) is 4.90 Å². The minimum absolute atomic E-state index is 0.0192. The van der Waals surface area contributed by atoms with Gasteiger partial charge in [-0.2, -0.15) is 0 Å². The number of hydrogen-bond acceptors (Lipinski definition) is 5. The third-order valence-corrected chi connectivity index (χ3v) is 7.79. The van der Waals surface area contributed by atoms with Crippen LogP contribution in [-0.4, -0.2) is 74.5 Å². The standard InChI is InChI=1S/C20H28N2O4S/c1-26-17-7-4-15(5-8-17)6-9-20(23)22-11-10-21(12-16-2-3-16)18-13-27(24,25)14-19(18)22/h4-5,7-8,16,18-19H,2-3,6,9-14H2,1H3/t18-,19+/m1/s1. The molecule has 1 aliphatic carbocycles. The topological polar surface area (TPSA) is 66.9 Å². The van der Waals surface area contributed by atoms with Crippen molar-refractivity contribution in [3.05, 3.63) is 29.8 Å².